The summed E-state index contributed by atoms with van der Waals surface area (Å²) in [7, 11) is 4.91. The molecule has 9 heteroatoms. The number of aromatic nitrogens is 2. The lowest BCUT2D eigenvalue weighted by Crippen LogP contribution is -2.52. The van der Waals surface area contributed by atoms with Crippen molar-refractivity contribution in [3.63, 3.8) is 0 Å². The van der Waals surface area contributed by atoms with E-state index >= 15 is 0 Å². The molecule has 262 valence electrons. The number of carbonyl (C=O) groups excluding carboxylic acids is 1. The minimum Gasteiger partial charge on any atom is -0.493 e. The Balaban J connectivity index is 1.01. The zero-order chi connectivity index (χ0) is 36.2. The molecule has 52 heavy (non-hydrogen) atoms. The number of nitrogens with one attached hydrogen (secondary N) is 2. The van der Waals surface area contributed by atoms with E-state index in [-0.39, 0.29) is 27.7 Å². The van der Waals surface area contributed by atoms with Gasteiger partial charge in [0.05, 0.1) is 14.2 Å². The fourth-order valence-electron chi connectivity index (χ4n) is 6.71. The van der Waals surface area contributed by atoms with Gasteiger partial charge in [-0.25, -0.2) is 0 Å². The van der Waals surface area contributed by atoms with E-state index in [1.165, 1.54) is 21.3 Å². The van der Waals surface area contributed by atoms with Crippen molar-refractivity contribution in [1.29, 1.82) is 0 Å². The molecule has 0 bridgehead atoms. The van der Waals surface area contributed by atoms with Crippen LogP contribution in [0.25, 0.3) is 22.9 Å². The van der Waals surface area contributed by atoms with Gasteiger partial charge in [0.15, 0.2) is 11.5 Å². The third kappa shape index (κ3) is 7.45. The minimum atomic E-state index is -0.387. The molecule has 0 atom stereocenters. The Morgan fingerprint density at radius 3 is 2.31 bits per heavy atom. The summed E-state index contributed by atoms with van der Waals surface area (Å²) in [5, 5.41) is 5.49. The van der Waals surface area contributed by atoms with Crippen molar-refractivity contribution in [2.24, 2.45) is 7.05 Å². The number of amides is 1. The molecule has 0 radical (unpaired) electrons. The third-order valence-corrected chi connectivity index (χ3v) is 9.64. The monoisotopic (exact) mass is 692 g/mol. The number of H-pyrrole nitrogens is 1. The number of rotatable bonds is 9. The first-order valence-corrected chi connectivity index (χ1v) is 17.3. The molecule has 5 aromatic carbocycles. The molecule has 0 saturated carbocycles. The van der Waals surface area contributed by atoms with Crippen LogP contribution in [0.3, 0.4) is 0 Å². The fraction of sp³-hybridized carbons (Fsp3) is 0.186. The summed E-state index contributed by atoms with van der Waals surface area (Å²) in [6, 6.07) is 32.9. The zero-order valence-electron chi connectivity index (χ0n) is 29.4. The highest BCUT2D eigenvalue weighted by atomic mass is 16.5. The van der Waals surface area contributed by atoms with Crippen molar-refractivity contribution >= 4 is 34.5 Å². The van der Waals surface area contributed by atoms with Crippen LogP contribution in [0.2, 0.25) is 0 Å². The van der Waals surface area contributed by atoms with Gasteiger partial charge >= 0.3 is 0 Å². The van der Waals surface area contributed by atoms with E-state index in [1.54, 1.807) is 57.7 Å². The molecule has 1 aliphatic heterocycles. The molecule has 2 N–H and O–H groups in total. The maximum absolute atomic E-state index is 13.3. The van der Waals surface area contributed by atoms with Crippen LogP contribution in [0.5, 0.6) is 11.5 Å². The Kier molecular flexibility index (Phi) is 9.86. The zero-order valence-corrected chi connectivity index (χ0v) is 29.4. The summed E-state index contributed by atoms with van der Waals surface area (Å²) in [6.45, 7) is 2.76. The van der Waals surface area contributed by atoms with Gasteiger partial charge in [0.25, 0.3) is 17.0 Å². The number of methoxy groups -OCH3 is 2. The van der Waals surface area contributed by atoms with Gasteiger partial charge in [-0.3, -0.25) is 19.3 Å². The van der Waals surface area contributed by atoms with Crippen molar-refractivity contribution in [2.45, 2.75) is 19.4 Å². The standard InChI is InChI=1S/C43H40N4O5/c1-46-38(24-30-11-14-31-8-4-5-9-32(31)21-30)42(49)45-37(43(46)50)23-29-7-6-10-34(22-29)41(48)44-36-15-12-28(13-16-36)17-19-47-20-18-33-25-39(51-2)40(52-3)26-35(33)27-47/h4-16,21-26H,17-20,27H2,1-3H3,(H,44,48)(H,45,49). The molecule has 6 aromatic rings. The molecule has 1 aliphatic rings. The second-order valence-electron chi connectivity index (χ2n) is 13.0. The van der Waals surface area contributed by atoms with Crippen molar-refractivity contribution in [1.82, 2.24) is 14.5 Å². The van der Waals surface area contributed by atoms with Crippen molar-refractivity contribution in [3.8, 4) is 11.5 Å². The molecule has 0 fully saturated rings. The van der Waals surface area contributed by atoms with Gasteiger partial charge < -0.3 is 24.3 Å². The summed E-state index contributed by atoms with van der Waals surface area (Å²) in [4.78, 5) is 44.9. The van der Waals surface area contributed by atoms with Crippen LogP contribution in [0.15, 0.2) is 113 Å². The van der Waals surface area contributed by atoms with Crippen LogP contribution in [0.4, 0.5) is 5.69 Å². The van der Waals surface area contributed by atoms with E-state index in [4.69, 9.17) is 9.47 Å². The van der Waals surface area contributed by atoms with Crippen LogP contribution in [-0.2, 0) is 26.4 Å². The molecule has 7 rings (SSSR count). The summed E-state index contributed by atoms with van der Waals surface area (Å²) >= 11 is 0. The largest absolute Gasteiger partial charge is 0.493 e. The number of aromatic amines is 1. The van der Waals surface area contributed by atoms with E-state index in [0.717, 1.165) is 60.3 Å². The van der Waals surface area contributed by atoms with Crippen molar-refractivity contribution in [3.05, 3.63) is 168 Å². The van der Waals surface area contributed by atoms with Crippen LogP contribution in [-0.4, -0.2) is 47.7 Å². The molecular formula is C43H40N4O5. The summed E-state index contributed by atoms with van der Waals surface area (Å²) in [6.07, 6.45) is 5.14. The lowest BCUT2D eigenvalue weighted by molar-refractivity contribution is 0.102. The predicted molar refractivity (Wildman–Crippen MR) is 206 cm³/mol. The molecular weight excluding hydrogens is 652 g/mol. The lowest BCUT2D eigenvalue weighted by Gasteiger charge is -2.29. The van der Waals surface area contributed by atoms with E-state index in [9.17, 15) is 14.4 Å². The number of hydrogen-bond acceptors (Lipinski definition) is 6. The normalized spacial score (nSPS) is 13.6. The average Bonchev–Trinajstić information content (AvgIpc) is 3.17. The van der Waals surface area contributed by atoms with Gasteiger partial charge in [0, 0.05) is 37.9 Å². The molecule has 0 spiro atoms. The fourth-order valence-corrected chi connectivity index (χ4v) is 6.71. The lowest BCUT2D eigenvalue weighted by atomic mass is 9.98. The first-order valence-electron chi connectivity index (χ1n) is 17.3. The number of fused-ring (bicyclic) bond motifs is 2. The molecule has 1 amide bonds. The summed E-state index contributed by atoms with van der Waals surface area (Å²) < 4.78 is 12.3. The van der Waals surface area contributed by atoms with Gasteiger partial charge in [0.2, 0.25) is 0 Å². The van der Waals surface area contributed by atoms with Crippen LogP contribution < -0.4 is 36.6 Å². The summed E-state index contributed by atoms with van der Waals surface area (Å²) in [5.74, 6) is 1.25. The van der Waals surface area contributed by atoms with E-state index in [1.807, 2.05) is 66.7 Å². The topological polar surface area (TPSA) is 106 Å². The Labute approximate surface area is 301 Å². The predicted octanol–water partition coefficient (Wildman–Crippen LogP) is 4.75. The Morgan fingerprint density at radius 2 is 1.54 bits per heavy atom. The van der Waals surface area contributed by atoms with E-state index in [2.05, 4.69) is 27.3 Å². The molecule has 1 aromatic heterocycles. The van der Waals surface area contributed by atoms with Gasteiger partial charge in [-0.05, 0) is 106 Å². The molecule has 0 saturated heterocycles. The SMILES string of the molecule is COc1cc2c(cc1OC)CN(CCc1ccc(NC(=O)c3cccc(C=c4[nH]c(=O)c(=Cc5ccc6ccccc6c5)n(C)c4=O)c3)cc1)CC2. The number of carbonyl (C=O) groups is 1. The van der Waals surface area contributed by atoms with Gasteiger partial charge in [-0.2, -0.15) is 0 Å². The van der Waals surface area contributed by atoms with E-state index < -0.39 is 0 Å². The number of ether oxygens (including phenoxy) is 2. The second-order valence-corrected chi connectivity index (χ2v) is 13.0. The summed E-state index contributed by atoms with van der Waals surface area (Å²) in [5.41, 5.74) is 5.56. The highest BCUT2D eigenvalue weighted by Gasteiger charge is 2.19. The van der Waals surface area contributed by atoms with Gasteiger partial charge in [-0.1, -0.05) is 60.7 Å². The quantitative estimate of drug-likeness (QED) is 0.227. The first kappa shape index (κ1) is 34.3. The molecule has 2 heterocycles. The Hall–Kier alpha value is -6.19. The van der Waals surface area contributed by atoms with Crippen molar-refractivity contribution < 1.29 is 14.3 Å². The van der Waals surface area contributed by atoms with E-state index in [0.29, 0.717) is 16.8 Å². The van der Waals surface area contributed by atoms with Crippen LogP contribution in [0, 0.1) is 0 Å². The average molecular weight is 693 g/mol. The van der Waals surface area contributed by atoms with Crippen LogP contribution >= 0.6 is 0 Å². The minimum absolute atomic E-state index is 0.130. The van der Waals surface area contributed by atoms with Gasteiger partial charge in [-0.15, -0.1) is 0 Å². The van der Waals surface area contributed by atoms with Crippen molar-refractivity contribution in [2.75, 3.05) is 32.6 Å². The van der Waals surface area contributed by atoms with Crippen LogP contribution in [0.1, 0.15) is 38.2 Å². The Morgan fingerprint density at radius 1 is 0.808 bits per heavy atom. The highest BCUT2D eigenvalue weighted by molar-refractivity contribution is 6.04. The van der Waals surface area contributed by atoms with Gasteiger partial charge in [0.1, 0.15) is 10.7 Å². The molecule has 0 unspecified atom stereocenters. The highest BCUT2D eigenvalue weighted by Crippen LogP contribution is 2.33. The maximum atomic E-state index is 13.3. The number of benzene rings is 5. The molecule has 0 aliphatic carbocycles. The third-order valence-electron chi connectivity index (χ3n) is 9.64. The molecule has 9 nitrogen and oxygen atoms in total. The number of hydrogen-bond donors (Lipinski definition) is 2. The maximum Gasteiger partial charge on any atom is 0.274 e. The number of nitrogens with zero attached hydrogens (tertiary/aromatic N) is 2. The Bertz CT molecular complexity index is 2540. The number of anilines is 1. The first-order chi connectivity index (χ1) is 25.3. The second kappa shape index (κ2) is 15.0. The smallest absolute Gasteiger partial charge is 0.274 e.